The number of nitrogens with zero attached hydrogens (tertiary/aromatic N) is 2. The number of esters is 1. The number of carbonyl (C=O) groups excluding carboxylic acids is 3. The molecule has 3 aliphatic heterocycles. The van der Waals surface area contributed by atoms with Crippen molar-refractivity contribution in [1.82, 2.24) is 4.90 Å². The summed E-state index contributed by atoms with van der Waals surface area (Å²) in [6.45, 7) is 7.11. The highest BCUT2D eigenvalue weighted by Crippen LogP contribution is 2.60. The number of aliphatic hydroxyl groups excluding tert-OH is 1. The van der Waals surface area contributed by atoms with Crippen LogP contribution in [0.15, 0.2) is 36.9 Å². The van der Waals surface area contributed by atoms with Crippen molar-refractivity contribution in [3.63, 3.8) is 0 Å². The molecule has 0 saturated carbocycles. The third-order valence-corrected chi connectivity index (χ3v) is 8.14. The summed E-state index contributed by atoms with van der Waals surface area (Å²) in [4.78, 5) is 43.6. The van der Waals surface area contributed by atoms with Crippen LogP contribution in [0.25, 0.3) is 0 Å². The van der Waals surface area contributed by atoms with Crippen molar-refractivity contribution in [2.24, 2.45) is 11.8 Å². The summed E-state index contributed by atoms with van der Waals surface area (Å²) in [5.41, 5.74) is -0.767. The van der Waals surface area contributed by atoms with E-state index in [-0.39, 0.29) is 24.6 Å². The van der Waals surface area contributed by atoms with Crippen LogP contribution in [0.4, 0.5) is 5.69 Å². The normalized spacial score (nSPS) is 32.4. The second kappa shape index (κ2) is 9.60. The maximum Gasteiger partial charge on any atom is 0.312 e. The summed E-state index contributed by atoms with van der Waals surface area (Å²) in [7, 11) is 0. The van der Waals surface area contributed by atoms with E-state index in [1.807, 2.05) is 0 Å². The molecule has 0 radical (unpaired) electrons. The second-order valence-electron chi connectivity index (χ2n) is 8.88. The van der Waals surface area contributed by atoms with Crippen LogP contribution in [0.5, 0.6) is 0 Å². The smallest absolute Gasteiger partial charge is 0.312 e. The van der Waals surface area contributed by atoms with Gasteiger partial charge in [-0.3, -0.25) is 14.4 Å². The summed E-state index contributed by atoms with van der Waals surface area (Å²) in [6.07, 6.45) is 1.34. The van der Waals surface area contributed by atoms with Gasteiger partial charge in [-0.1, -0.05) is 45.7 Å². The van der Waals surface area contributed by atoms with Gasteiger partial charge in [0.05, 0.1) is 47.9 Å². The number of alkyl halides is 1. The Morgan fingerprint density at radius 1 is 1.47 bits per heavy atom. The van der Waals surface area contributed by atoms with Gasteiger partial charge in [-0.05, 0) is 32.4 Å². The molecule has 0 aliphatic carbocycles. The Hall–Kier alpha value is -1.94. The topological polar surface area (TPSA) is 96.4 Å². The monoisotopic (exact) mass is 554 g/mol. The Morgan fingerprint density at radius 2 is 2.18 bits per heavy atom. The van der Waals surface area contributed by atoms with Crippen molar-refractivity contribution in [2.45, 2.75) is 48.9 Å². The molecule has 0 aromatic heterocycles. The third kappa shape index (κ3) is 3.68. The van der Waals surface area contributed by atoms with E-state index in [0.717, 1.165) is 0 Å². The number of hydrogen-bond acceptors (Lipinski definition) is 6. The summed E-state index contributed by atoms with van der Waals surface area (Å²) in [6, 6.07) is 5.19. The first-order chi connectivity index (χ1) is 16.2. The zero-order valence-corrected chi connectivity index (χ0v) is 21.4. The molecule has 4 rings (SSSR count). The van der Waals surface area contributed by atoms with Gasteiger partial charge in [0.15, 0.2) is 0 Å². The van der Waals surface area contributed by atoms with Gasteiger partial charge in [-0.2, -0.15) is 0 Å². The SMILES string of the molecule is C=CCN(C(=O)[C@H]1N([C@H](C)CO)C(=O)[C@@H]2[C@@H](C(=O)OCC)[C@@H]3O[C@@]21CC3Br)c1ccccc1Cl. The lowest BCUT2D eigenvalue weighted by Crippen LogP contribution is -2.58. The molecule has 10 heteroatoms. The van der Waals surface area contributed by atoms with Crippen molar-refractivity contribution >= 4 is 51.0 Å². The zero-order valence-electron chi connectivity index (χ0n) is 19.0. The van der Waals surface area contributed by atoms with Crippen LogP contribution in [-0.4, -0.2) is 76.2 Å². The number of hydrogen-bond donors (Lipinski definition) is 1. The molecule has 1 unspecified atom stereocenters. The molecule has 7 atom stereocenters. The highest BCUT2D eigenvalue weighted by molar-refractivity contribution is 9.09. The fourth-order valence-corrected chi connectivity index (χ4v) is 6.85. The number of benzene rings is 1. The van der Waals surface area contributed by atoms with E-state index in [4.69, 9.17) is 21.1 Å². The first-order valence-corrected chi connectivity index (χ1v) is 12.6. The van der Waals surface area contributed by atoms with Crippen LogP contribution < -0.4 is 4.90 Å². The van der Waals surface area contributed by atoms with Gasteiger partial charge in [0.25, 0.3) is 5.91 Å². The van der Waals surface area contributed by atoms with E-state index in [2.05, 4.69) is 22.5 Å². The van der Waals surface area contributed by atoms with Gasteiger partial charge in [-0.25, -0.2) is 0 Å². The number of ether oxygens (including phenoxy) is 2. The van der Waals surface area contributed by atoms with Crippen LogP contribution in [-0.2, 0) is 23.9 Å². The van der Waals surface area contributed by atoms with Gasteiger partial charge in [0.2, 0.25) is 5.91 Å². The van der Waals surface area contributed by atoms with Crippen LogP contribution in [0.3, 0.4) is 0 Å². The zero-order chi connectivity index (χ0) is 24.8. The van der Waals surface area contributed by atoms with Crippen LogP contribution in [0, 0.1) is 11.8 Å². The van der Waals surface area contributed by atoms with E-state index in [1.54, 1.807) is 44.2 Å². The lowest BCUT2D eigenvalue weighted by molar-refractivity contribution is -0.155. The Labute approximate surface area is 211 Å². The van der Waals surface area contributed by atoms with E-state index in [0.29, 0.717) is 17.1 Å². The number of para-hydroxylation sites is 1. The standard InChI is InChI=1S/C24H28BrClN2O6/c1-4-10-27(16-9-7-6-8-15(16)26)22(31)20-24-11-14(25)19(34-24)17(23(32)33-5-2)18(24)21(30)28(20)13(3)12-29/h4,6-9,13-14,17-20,29H,1,5,10-12H2,2-3H3/t13-,14?,17-,18+,19-,20-,24+/m1/s1. The van der Waals surface area contributed by atoms with Crippen molar-refractivity contribution in [1.29, 1.82) is 0 Å². The van der Waals surface area contributed by atoms with E-state index >= 15 is 0 Å². The molecule has 34 heavy (non-hydrogen) atoms. The number of likely N-dealkylation sites (tertiary alicyclic amines) is 1. The van der Waals surface area contributed by atoms with Crippen molar-refractivity contribution in [3.8, 4) is 0 Å². The van der Waals surface area contributed by atoms with Crippen molar-refractivity contribution in [3.05, 3.63) is 41.9 Å². The Bertz CT molecular complexity index is 1010. The molecule has 2 bridgehead atoms. The lowest BCUT2D eigenvalue weighted by Gasteiger charge is -2.38. The van der Waals surface area contributed by atoms with E-state index in [9.17, 15) is 19.5 Å². The van der Waals surface area contributed by atoms with Gasteiger partial charge in [-0.15, -0.1) is 6.58 Å². The number of fused-ring (bicyclic) bond motifs is 1. The highest BCUT2D eigenvalue weighted by atomic mass is 79.9. The Kier molecular flexibility index (Phi) is 7.11. The molecule has 1 N–H and O–H groups in total. The van der Waals surface area contributed by atoms with Crippen LogP contribution in [0.2, 0.25) is 5.02 Å². The number of halogens is 2. The molecule has 3 heterocycles. The van der Waals surface area contributed by atoms with Crippen LogP contribution in [0.1, 0.15) is 20.3 Å². The quantitative estimate of drug-likeness (QED) is 0.301. The minimum Gasteiger partial charge on any atom is -0.466 e. The molecule has 2 amide bonds. The molecule has 3 saturated heterocycles. The largest absolute Gasteiger partial charge is 0.466 e. The molecule has 8 nitrogen and oxygen atoms in total. The predicted molar refractivity (Wildman–Crippen MR) is 130 cm³/mol. The second-order valence-corrected chi connectivity index (χ2v) is 10.5. The van der Waals surface area contributed by atoms with Gasteiger partial charge < -0.3 is 24.4 Å². The average molecular weight is 556 g/mol. The summed E-state index contributed by atoms with van der Waals surface area (Å²) >= 11 is 10.0. The molecule has 1 spiro atoms. The minimum absolute atomic E-state index is 0.151. The molecule has 1 aromatic rings. The number of amides is 2. The summed E-state index contributed by atoms with van der Waals surface area (Å²) in [5.74, 6) is -3.04. The van der Waals surface area contributed by atoms with E-state index in [1.165, 1.54) is 9.80 Å². The van der Waals surface area contributed by atoms with Crippen LogP contribution >= 0.6 is 27.5 Å². The van der Waals surface area contributed by atoms with Crippen molar-refractivity contribution in [2.75, 3.05) is 24.7 Å². The fraction of sp³-hybridized carbons (Fsp3) is 0.542. The molecular formula is C24H28BrClN2O6. The number of rotatable bonds is 8. The lowest BCUT2D eigenvalue weighted by atomic mass is 9.70. The minimum atomic E-state index is -1.24. The first kappa shape index (κ1) is 25.2. The number of aliphatic hydroxyl groups is 1. The maximum absolute atomic E-state index is 14.2. The van der Waals surface area contributed by atoms with Gasteiger partial charge in [0.1, 0.15) is 11.6 Å². The summed E-state index contributed by atoms with van der Waals surface area (Å²) in [5, 5.41) is 10.3. The summed E-state index contributed by atoms with van der Waals surface area (Å²) < 4.78 is 11.7. The predicted octanol–water partition coefficient (Wildman–Crippen LogP) is 2.55. The number of carbonyl (C=O) groups is 3. The molecule has 3 aliphatic rings. The van der Waals surface area contributed by atoms with Gasteiger partial charge >= 0.3 is 5.97 Å². The van der Waals surface area contributed by atoms with Crippen molar-refractivity contribution < 1.29 is 29.0 Å². The maximum atomic E-state index is 14.2. The molecular weight excluding hydrogens is 528 g/mol. The third-order valence-electron chi connectivity index (χ3n) is 6.98. The first-order valence-electron chi connectivity index (χ1n) is 11.3. The molecule has 3 fully saturated rings. The van der Waals surface area contributed by atoms with E-state index < -0.39 is 53.4 Å². The number of anilines is 1. The van der Waals surface area contributed by atoms with Gasteiger partial charge in [0, 0.05) is 11.4 Å². The Balaban J connectivity index is 1.83. The fourth-order valence-electron chi connectivity index (χ4n) is 5.67. The molecule has 1 aromatic carbocycles. The average Bonchev–Trinajstić information content (AvgIpc) is 3.40. The molecule has 184 valence electrons. The Morgan fingerprint density at radius 3 is 2.79 bits per heavy atom. The highest BCUT2D eigenvalue weighted by Gasteiger charge is 2.77.